The van der Waals surface area contributed by atoms with Crippen molar-refractivity contribution in [1.29, 1.82) is 0 Å². The zero-order valence-electron chi connectivity index (χ0n) is 11.0. The van der Waals surface area contributed by atoms with Gasteiger partial charge >= 0.3 is 0 Å². The Morgan fingerprint density at radius 3 is 2.32 bits per heavy atom. The molecule has 0 aliphatic rings. The van der Waals surface area contributed by atoms with Crippen LogP contribution in [0.4, 0.5) is 0 Å². The summed E-state index contributed by atoms with van der Waals surface area (Å²) in [6, 6.07) is 0. The molecule has 0 aliphatic carbocycles. The van der Waals surface area contributed by atoms with Gasteiger partial charge in [0.15, 0.2) is 0 Å². The number of hydrogen-bond donors (Lipinski definition) is 2. The minimum Gasteiger partial charge on any atom is -0.393 e. The molecule has 0 aromatic heterocycles. The van der Waals surface area contributed by atoms with Crippen LogP contribution < -0.4 is 0 Å². The fraction of sp³-hybridized carbons (Fsp3) is 0.500. The molecule has 0 saturated carbocycles. The molecule has 0 radical (unpaired) electrons. The van der Waals surface area contributed by atoms with E-state index in [1.165, 1.54) is 6.42 Å². The van der Waals surface area contributed by atoms with Crippen molar-refractivity contribution in [3.8, 4) is 35.5 Å². The molecule has 2 nitrogen and oxygen atoms in total. The summed E-state index contributed by atoms with van der Waals surface area (Å²) in [5.41, 5.74) is 0. The minimum atomic E-state index is -0.977. The van der Waals surface area contributed by atoms with Gasteiger partial charge in [-0.15, -0.1) is 0 Å². The summed E-state index contributed by atoms with van der Waals surface area (Å²) in [5, 5.41) is 17.4. The topological polar surface area (TPSA) is 40.5 Å². The van der Waals surface area contributed by atoms with Gasteiger partial charge in [0, 0.05) is 12.8 Å². The van der Waals surface area contributed by atoms with E-state index >= 15 is 0 Å². The largest absolute Gasteiger partial charge is 0.393 e. The van der Waals surface area contributed by atoms with Crippen molar-refractivity contribution in [3.63, 3.8) is 0 Å². The Morgan fingerprint density at radius 1 is 1.00 bits per heavy atom. The molecule has 3 heteroatoms. The first-order valence-corrected chi connectivity index (χ1v) is 7.23. The van der Waals surface area contributed by atoms with Crippen molar-refractivity contribution in [1.82, 2.24) is 0 Å². The number of hydrogen-bond acceptors (Lipinski definition) is 2. The van der Waals surface area contributed by atoms with E-state index in [-0.39, 0.29) is 6.61 Å². The molecule has 0 aromatic carbocycles. The van der Waals surface area contributed by atoms with Crippen molar-refractivity contribution >= 4 is 15.9 Å². The van der Waals surface area contributed by atoms with E-state index < -0.39 is 6.10 Å². The Balaban J connectivity index is 3.43. The summed E-state index contributed by atoms with van der Waals surface area (Å²) < 4.78 is 0. The third-order valence-corrected chi connectivity index (χ3v) is 2.43. The van der Waals surface area contributed by atoms with Gasteiger partial charge in [-0.05, 0) is 35.7 Å². The Morgan fingerprint density at radius 2 is 1.68 bits per heavy atom. The number of allylic oxidation sites excluding steroid dienone is 1. The van der Waals surface area contributed by atoms with Gasteiger partial charge in [-0.25, -0.2) is 0 Å². The van der Waals surface area contributed by atoms with Gasteiger partial charge in [-0.1, -0.05) is 52.5 Å². The molecule has 0 amide bonds. The summed E-state index contributed by atoms with van der Waals surface area (Å²) in [4.78, 5) is 1.75. The van der Waals surface area contributed by atoms with Gasteiger partial charge in [0.05, 0.1) is 6.61 Å². The maximum absolute atomic E-state index is 8.93. The van der Waals surface area contributed by atoms with Crippen LogP contribution in [0.2, 0.25) is 0 Å². The predicted octanol–water partition coefficient (Wildman–Crippen LogP) is 2.60. The Labute approximate surface area is 124 Å². The molecule has 0 saturated heterocycles. The molecule has 0 spiro atoms. The van der Waals surface area contributed by atoms with E-state index in [1.807, 2.05) is 0 Å². The Hall–Kier alpha value is -1.18. The van der Waals surface area contributed by atoms with Crippen LogP contribution in [0.5, 0.6) is 0 Å². The monoisotopic (exact) mass is 322 g/mol. The van der Waals surface area contributed by atoms with Crippen LogP contribution in [0.25, 0.3) is 0 Å². The highest BCUT2D eigenvalue weighted by atomic mass is 79.9. The first kappa shape index (κ1) is 17.8. The van der Waals surface area contributed by atoms with Gasteiger partial charge in [-0.2, -0.15) is 0 Å². The number of aliphatic hydroxyl groups excluding tert-OH is 2. The second-order valence-corrected chi connectivity index (χ2v) is 4.33. The lowest BCUT2D eigenvalue weighted by molar-refractivity contribution is 0.138. The van der Waals surface area contributed by atoms with Crippen LogP contribution in [0.3, 0.4) is 0 Å². The molecule has 0 fully saturated rings. The number of rotatable bonds is 6. The summed E-state index contributed by atoms with van der Waals surface area (Å²) in [7, 11) is 0. The molecule has 2 N–H and O–H groups in total. The number of halogens is 1. The highest BCUT2D eigenvalue weighted by Crippen LogP contribution is 2.04. The zero-order chi connectivity index (χ0) is 14.2. The van der Waals surface area contributed by atoms with Crippen LogP contribution in [-0.2, 0) is 0 Å². The highest BCUT2D eigenvalue weighted by Gasteiger charge is 1.90. The van der Waals surface area contributed by atoms with Crippen molar-refractivity contribution in [2.45, 2.75) is 44.6 Å². The van der Waals surface area contributed by atoms with Crippen LogP contribution >= 0.6 is 15.9 Å². The average molecular weight is 323 g/mol. The Bertz CT molecular complexity index is 421. The maximum atomic E-state index is 8.93. The summed E-state index contributed by atoms with van der Waals surface area (Å²) in [5.74, 6) is 16.5. The lowest BCUT2D eigenvalue weighted by atomic mass is 10.1. The maximum Gasteiger partial charge on any atom is 0.138 e. The second-order valence-electron chi connectivity index (χ2n) is 3.80. The molecule has 0 rings (SSSR count). The second kappa shape index (κ2) is 14.9. The quantitative estimate of drug-likeness (QED) is 0.583. The van der Waals surface area contributed by atoms with Gasteiger partial charge < -0.3 is 10.2 Å². The van der Waals surface area contributed by atoms with E-state index in [0.717, 1.165) is 32.1 Å². The third kappa shape index (κ3) is 14.8. The summed E-state index contributed by atoms with van der Waals surface area (Å²) >= 11 is 3.16. The Kier molecular flexibility index (Phi) is 14.0. The lowest BCUT2D eigenvalue weighted by Crippen LogP contribution is -2.07. The first-order valence-electron chi connectivity index (χ1n) is 6.32. The standard InChI is InChI=1S/C16H19BrO2/c17-14-12-10-8-6-4-2-1-3-5-7-9-11-13-16(19)15-18/h12,14,16,18-19H,1-6,15H2/b14-12+/t16-/m1/s1. The molecule has 0 unspecified atom stereocenters. The van der Waals surface area contributed by atoms with E-state index in [2.05, 4.69) is 51.5 Å². The SMILES string of the molecule is OC[C@H](O)C#CC#CCCCCCCC#C/C=C/Br. The molecule has 1 atom stereocenters. The van der Waals surface area contributed by atoms with Crippen LogP contribution in [0, 0.1) is 35.5 Å². The molecule has 0 aromatic rings. The van der Waals surface area contributed by atoms with Crippen molar-refractivity contribution < 1.29 is 10.2 Å². The van der Waals surface area contributed by atoms with Gasteiger partial charge in [0.1, 0.15) is 6.10 Å². The molecule has 0 bridgehead atoms. The number of unbranched alkanes of at least 4 members (excludes halogenated alkanes) is 5. The third-order valence-electron chi connectivity index (χ3n) is 2.16. The van der Waals surface area contributed by atoms with E-state index in [1.54, 1.807) is 11.1 Å². The predicted molar refractivity (Wildman–Crippen MR) is 82.2 cm³/mol. The zero-order valence-corrected chi connectivity index (χ0v) is 12.5. The summed E-state index contributed by atoms with van der Waals surface area (Å²) in [6.07, 6.45) is 7.07. The van der Waals surface area contributed by atoms with E-state index in [9.17, 15) is 0 Å². The van der Waals surface area contributed by atoms with Crippen molar-refractivity contribution in [2.24, 2.45) is 0 Å². The fourth-order valence-electron chi connectivity index (χ4n) is 1.21. The number of aliphatic hydroxyl groups is 2. The molecule has 102 valence electrons. The first-order chi connectivity index (χ1) is 9.31. The minimum absolute atomic E-state index is 0.344. The van der Waals surface area contributed by atoms with E-state index in [4.69, 9.17) is 10.2 Å². The van der Waals surface area contributed by atoms with Crippen molar-refractivity contribution in [3.05, 3.63) is 11.1 Å². The molecule has 19 heavy (non-hydrogen) atoms. The lowest BCUT2D eigenvalue weighted by Gasteiger charge is -1.94. The van der Waals surface area contributed by atoms with Gasteiger partial charge in [0.25, 0.3) is 0 Å². The van der Waals surface area contributed by atoms with Gasteiger partial charge in [-0.3, -0.25) is 0 Å². The highest BCUT2D eigenvalue weighted by molar-refractivity contribution is 9.11. The average Bonchev–Trinajstić information content (AvgIpc) is 2.43. The van der Waals surface area contributed by atoms with Crippen molar-refractivity contribution in [2.75, 3.05) is 6.61 Å². The normalized spacial score (nSPS) is 10.7. The molecular weight excluding hydrogens is 304 g/mol. The molecule has 0 heterocycles. The van der Waals surface area contributed by atoms with Crippen LogP contribution in [0.15, 0.2) is 11.1 Å². The van der Waals surface area contributed by atoms with Crippen LogP contribution in [0.1, 0.15) is 38.5 Å². The molecular formula is C16H19BrO2. The van der Waals surface area contributed by atoms with E-state index in [0.29, 0.717) is 0 Å². The fourth-order valence-corrected chi connectivity index (χ4v) is 1.35. The smallest absolute Gasteiger partial charge is 0.138 e. The van der Waals surface area contributed by atoms with Gasteiger partial charge in [0.2, 0.25) is 0 Å². The van der Waals surface area contributed by atoms with Crippen LogP contribution in [-0.4, -0.2) is 22.9 Å². The summed E-state index contributed by atoms with van der Waals surface area (Å²) in [6.45, 7) is -0.344. The molecule has 0 aliphatic heterocycles.